The van der Waals surface area contributed by atoms with E-state index in [-0.39, 0.29) is 5.91 Å². The van der Waals surface area contributed by atoms with Crippen molar-refractivity contribution >= 4 is 5.91 Å². The standard InChI is InChI=1S/C15H24N4O2/c1-10-17-13(18-21-10)8-11-4-3-7-19(9-11)14(20)15(2,16)12-5-6-12/h11-12H,3-9,16H2,1-2H3. The molecule has 2 N–H and O–H groups in total. The smallest absolute Gasteiger partial charge is 0.242 e. The number of carbonyl (C=O) groups excluding carboxylic acids is 1. The van der Waals surface area contributed by atoms with Crippen molar-refractivity contribution in [2.75, 3.05) is 13.1 Å². The molecule has 0 spiro atoms. The van der Waals surface area contributed by atoms with Crippen LogP contribution in [0.2, 0.25) is 0 Å². The van der Waals surface area contributed by atoms with Crippen molar-refractivity contribution in [3.8, 4) is 0 Å². The van der Waals surface area contributed by atoms with Gasteiger partial charge in [0, 0.05) is 26.4 Å². The maximum atomic E-state index is 12.7. The molecule has 2 atom stereocenters. The van der Waals surface area contributed by atoms with Crippen molar-refractivity contribution in [3.05, 3.63) is 11.7 Å². The molecule has 6 heteroatoms. The Kier molecular flexibility index (Phi) is 3.73. The molecule has 1 amide bonds. The van der Waals surface area contributed by atoms with Crippen LogP contribution in [0.15, 0.2) is 4.52 Å². The van der Waals surface area contributed by atoms with Gasteiger partial charge in [-0.1, -0.05) is 5.16 Å². The van der Waals surface area contributed by atoms with Gasteiger partial charge in [-0.05, 0) is 44.4 Å². The first-order chi connectivity index (χ1) is 9.96. The summed E-state index contributed by atoms with van der Waals surface area (Å²) in [6, 6.07) is 0. The number of nitrogens with zero attached hydrogens (tertiary/aromatic N) is 3. The van der Waals surface area contributed by atoms with Crippen LogP contribution >= 0.6 is 0 Å². The fraction of sp³-hybridized carbons (Fsp3) is 0.800. The van der Waals surface area contributed by atoms with Crippen LogP contribution in [0.25, 0.3) is 0 Å². The Bertz CT molecular complexity index is 521. The first-order valence-electron chi connectivity index (χ1n) is 7.84. The monoisotopic (exact) mass is 292 g/mol. The van der Waals surface area contributed by atoms with Gasteiger partial charge in [0.25, 0.3) is 0 Å². The van der Waals surface area contributed by atoms with Crippen LogP contribution in [0.1, 0.15) is 44.3 Å². The number of aromatic nitrogens is 2. The Morgan fingerprint density at radius 2 is 2.24 bits per heavy atom. The summed E-state index contributed by atoms with van der Waals surface area (Å²) in [6.07, 6.45) is 5.05. The maximum absolute atomic E-state index is 12.7. The molecule has 0 aromatic carbocycles. The predicted molar refractivity (Wildman–Crippen MR) is 77.4 cm³/mol. The Hall–Kier alpha value is -1.43. The van der Waals surface area contributed by atoms with Crippen molar-refractivity contribution in [2.45, 2.75) is 51.5 Å². The third kappa shape index (κ3) is 3.10. The number of rotatable bonds is 4. The zero-order valence-electron chi connectivity index (χ0n) is 12.8. The number of hydrogen-bond donors (Lipinski definition) is 1. The molecule has 1 saturated carbocycles. The highest BCUT2D eigenvalue weighted by atomic mass is 16.5. The summed E-state index contributed by atoms with van der Waals surface area (Å²) < 4.78 is 5.01. The molecule has 3 rings (SSSR count). The SMILES string of the molecule is Cc1nc(CC2CCCN(C(=O)C(C)(N)C3CC3)C2)no1. The number of piperidine rings is 1. The van der Waals surface area contributed by atoms with Gasteiger partial charge in [0.1, 0.15) is 0 Å². The van der Waals surface area contributed by atoms with Gasteiger partial charge in [-0.3, -0.25) is 4.79 Å². The van der Waals surface area contributed by atoms with Crippen LogP contribution in [0.3, 0.4) is 0 Å². The summed E-state index contributed by atoms with van der Waals surface area (Å²) >= 11 is 0. The molecule has 6 nitrogen and oxygen atoms in total. The lowest BCUT2D eigenvalue weighted by atomic mass is 9.90. The normalized spacial score (nSPS) is 25.7. The zero-order chi connectivity index (χ0) is 15.0. The molecular weight excluding hydrogens is 268 g/mol. The Balaban J connectivity index is 1.61. The third-order valence-electron chi connectivity index (χ3n) is 4.73. The summed E-state index contributed by atoms with van der Waals surface area (Å²) in [5.41, 5.74) is 5.58. The lowest BCUT2D eigenvalue weighted by Crippen LogP contribution is -2.57. The number of amides is 1. The minimum Gasteiger partial charge on any atom is -0.341 e. The molecule has 1 aliphatic heterocycles. The van der Waals surface area contributed by atoms with Gasteiger partial charge in [0.15, 0.2) is 5.82 Å². The van der Waals surface area contributed by atoms with E-state index in [1.54, 1.807) is 6.92 Å². The molecule has 21 heavy (non-hydrogen) atoms. The molecule has 2 aliphatic rings. The molecule has 2 fully saturated rings. The van der Waals surface area contributed by atoms with Gasteiger partial charge < -0.3 is 15.2 Å². The van der Waals surface area contributed by atoms with Crippen LogP contribution in [0, 0.1) is 18.8 Å². The average Bonchev–Trinajstić information content (AvgIpc) is 3.24. The third-order valence-corrected chi connectivity index (χ3v) is 4.73. The zero-order valence-corrected chi connectivity index (χ0v) is 12.8. The minimum absolute atomic E-state index is 0.110. The number of hydrogen-bond acceptors (Lipinski definition) is 5. The lowest BCUT2D eigenvalue weighted by Gasteiger charge is -2.37. The van der Waals surface area contributed by atoms with E-state index in [4.69, 9.17) is 10.3 Å². The maximum Gasteiger partial charge on any atom is 0.242 e. The summed E-state index contributed by atoms with van der Waals surface area (Å²) in [5.74, 6) is 2.21. The van der Waals surface area contributed by atoms with Gasteiger partial charge in [-0.25, -0.2) is 0 Å². The van der Waals surface area contributed by atoms with Gasteiger partial charge in [0.05, 0.1) is 5.54 Å². The van der Waals surface area contributed by atoms with E-state index >= 15 is 0 Å². The highest BCUT2D eigenvalue weighted by molar-refractivity contribution is 5.86. The molecular formula is C15H24N4O2. The largest absolute Gasteiger partial charge is 0.341 e. The second-order valence-corrected chi connectivity index (χ2v) is 6.75. The number of nitrogens with two attached hydrogens (primary N) is 1. The first-order valence-corrected chi connectivity index (χ1v) is 7.84. The molecule has 2 heterocycles. The highest BCUT2D eigenvalue weighted by Gasteiger charge is 2.46. The topological polar surface area (TPSA) is 85.2 Å². The number of aryl methyl sites for hydroxylation is 1. The van der Waals surface area contributed by atoms with Gasteiger partial charge in [-0.15, -0.1) is 0 Å². The van der Waals surface area contributed by atoms with Crippen LogP contribution < -0.4 is 5.73 Å². The summed E-state index contributed by atoms with van der Waals surface area (Å²) in [5, 5.41) is 3.95. The Labute approximate surface area is 125 Å². The molecule has 1 aliphatic carbocycles. The fourth-order valence-corrected chi connectivity index (χ4v) is 3.30. The van der Waals surface area contributed by atoms with Gasteiger partial charge in [0.2, 0.25) is 11.8 Å². The van der Waals surface area contributed by atoms with Crippen molar-refractivity contribution < 1.29 is 9.32 Å². The van der Waals surface area contributed by atoms with Crippen LogP contribution in [0.4, 0.5) is 0 Å². The number of carbonyl (C=O) groups is 1. The predicted octanol–water partition coefficient (Wildman–Crippen LogP) is 1.29. The van der Waals surface area contributed by atoms with Crippen molar-refractivity contribution in [2.24, 2.45) is 17.6 Å². The Morgan fingerprint density at radius 1 is 1.48 bits per heavy atom. The molecule has 2 unspecified atom stereocenters. The van der Waals surface area contributed by atoms with Gasteiger partial charge in [-0.2, -0.15) is 4.98 Å². The summed E-state index contributed by atoms with van der Waals surface area (Å²) in [7, 11) is 0. The van der Waals surface area contributed by atoms with E-state index in [0.717, 1.165) is 51.0 Å². The molecule has 116 valence electrons. The van der Waals surface area contributed by atoms with E-state index in [2.05, 4.69) is 10.1 Å². The molecule has 1 aromatic heterocycles. The minimum atomic E-state index is -0.690. The van der Waals surface area contributed by atoms with E-state index in [1.807, 2.05) is 11.8 Å². The lowest BCUT2D eigenvalue weighted by molar-refractivity contribution is -0.139. The molecule has 0 bridgehead atoms. The second-order valence-electron chi connectivity index (χ2n) is 6.75. The van der Waals surface area contributed by atoms with Crippen LogP contribution in [-0.4, -0.2) is 39.6 Å². The van der Waals surface area contributed by atoms with E-state index in [9.17, 15) is 4.79 Å². The fourth-order valence-electron chi connectivity index (χ4n) is 3.30. The average molecular weight is 292 g/mol. The van der Waals surface area contributed by atoms with E-state index in [1.165, 1.54) is 0 Å². The second kappa shape index (κ2) is 5.40. The summed E-state index contributed by atoms with van der Waals surface area (Å²) in [4.78, 5) is 18.9. The quantitative estimate of drug-likeness (QED) is 0.903. The molecule has 0 radical (unpaired) electrons. The van der Waals surface area contributed by atoms with Crippen molar-refractivity contribution in [1.29, 1.82) is 0 Å². The first kappa shape index (κ1) is 14.5. The van der Waals surface area contributed by atoms with Crippen molar-refractivity contribution in [3.63, 3.8) is 0 Å². The van der Waals surface area contributed by atoms with Crippen LogP contribution in [-0.2, 0) is 11.2 Å². The van der Waals surface area contributed by atoms with Crippen molar-refractivity contribution in [1.82, 2.24) is 15.0 Å². The summed E-state index contributed by atoms with van der Waals surface area (Å²) in [6.45, 7) is 5.26. The number of likely N-dealkylation sites (tertiary alicyclic amines) is 1. The van der Waals surface area contributed by atoms with Gasteiger partial charge >= 0.3 is 0 Å². The van der Waals surface area contributed by atoms with E-state index < -0.39 is 5.54 Å². The van der Waals surface area contributed by atoms with Crippen LogP contribution in [0.5, 0.6) is 0 Å². The Morgan fingerprint density at radius 3 is 2.86 bits per heavy atom. The van der Waals surface area contributed by atoms with E-state index in [0.29, 0.717) is 17.7 Å². The molecule has 1 aromatic rings. The molecule has 1 saturated heterocycles. The highest BCUT2D eigenvalue weighted by Crippen LogP contribution is 2.39.